The van der Waals surface area contributed by atoms with Crippen LogP contribution in [0.3, 0.4) is 0 Å². The van der Waals surface area contributed by atoms with Crippen LogP contribution >= 0.6 is 0 Å². The number of hydrogen-bond donors (Lipinski definition) is 1. The van der Waals surface area contributed by atoms with Crippen molar-refractivity contribution < 1.29 is 4.74 Å². The maximum absolute atomic E-state index is 6.53. The number of benzene rings is 2. The molecule has 0 saturated carbocycles. The van der Waals surface area contributed by atoms with Crippen molar-refractivity contribution in [3.63, 3.8) is 0 Å². The molecule has 1 aliphatic heterocycles. The zero-order valence-electron chi connectivity index (χ0n) is 11.4. The van der Waals surface area contributed by atoms with Gasteiger partial charge in [-0.3, -0.25) is 0 Å². The van der Waals surface area contributed by atoms with Crippen LogP contribution < -0.4 is 5.73 Å². The Morgan fingerprint density at radius 2 is 1.74 bits per heavy atom. The van der Waals surface area contributed by atoms with Crippen molar-refractivity contribution in [2.24, 2.45) is 11.7 Å². The molecule has 1 aliphatic rings. The van der Waals surface area contributed by atoms with Gasteiger partial charge in [0.15, 0.2) is 0 Å². The van der Waals surface area contributed by atoms with Gasteiger partial charge in [0.1, 0.15) is 0 Å². The van der Waals surface area contributed by atoms with Gasteiger partial charge in [-0.05, 0) is 47.6 Å². The third-order valence-electron chi connectivity index (χ3n) is 4.31. The van der Waals surface area contributed by atoms with E-state index < -0.39 is 0 Å². The fourth-order valence-corrected chi connectivity index (χ4v) is 3.09. The summed E-state index contributed by atoms with van der Waals surface area (Å²) in [6, 6.07) is 13.1. The SMILES string of the molecule is Cc1ccc([C@@H](N)C2CCOCC2)c2ccccc12. The molecule has 2 aromatic rings. The molecule has 1 saturated heterocycles. The highest BCUT2D eigenvalue weighted by Crippen LogP contribution is 2.33. The second kappa shape index (κ2) is 5.32. The van der Waals surface area contributed by atoms with Crippen LogP contribution in [0.5, 0.6) is 0 Å². The third kappa shape index (κ3) is 2.38. The minimum absolute atomic E-state index is 0.120. The number of fused-ring (bicyclic) bond motifs is 1. The van der Waals surface area contributed by atoms with Crippen LogP contribution in [0.15, 0.2) is 36.4 Å². The van der Waals surface area contributed by atoms with Crippen molar-refractivity contribution in [2.45, 2.75) is 25.8 Å². The van der Waals surface area contributed by atoms with Crippen LogP contribution in [0.4, 0.5) is 0 Å². The van der Waals surface area contributed by atoms with Crippen LogP contribution in [-0.4, -0.2) is 13.2 Å². The highest BCUT2D eigenvalue weighted by atomic mass is 16.5. The Hall–Kier alpha value is -1.38. The molecule has 0 radical (unpaired) electrons. The van der Waals surface area contributed by atoms with Crippen LogP contribution in [0.25, 0.3) is 10.8 Å². The molecule has 0 unspecified atom stereocenters. The Morgan fingerprint density at radius 1 is 1.05 bits per heavy atom. The summed E-state index contributed by atoms with van der Waals surface area (Å²) in [5, 5.41) is 2.63. The van der Waals surface area contributed by atoms with Gasteiger partial charge in [0.05, 0.1) is 0 Å². The van der Waals surface area contributed by atoms with E-state index in [1.165, 1.54) is 21.9 Å². The molecule has 1 atom stereocenters. The average Bonchev–Trinajstić information content (AvgIpc) is 2.48. The van der Waals surface area contributed by atoms with Crippen molar-refractivity contribution >= 4 is 10.8 Å². The standard InChI is InChI=1S/C17H21NO/c1-12-6-7-16(15-5-3-2-4-14(12)15)17(18)13-8-10-19-11-9-13/h2-7,13,17H,8-11,18H2,1H3/t17-/m0/s1. The summed E-state index contributed by atoms with van der Waals surface area (Å²) in [6.07, 6.45) is 2.15. The molecule has 1 heterocycles. The van der Waals surface area contributed by atoms with Crippen LogP contribution in [-0.2, 0) is 4.74 Å². The number of nitrogens with two attached hydrogens (primary N) is 1. The van der Waals surface area contributed by atoms with E-state index in [0.717, 1.165) is 26.1 Å². The smallest absolute Gasteiger partial charge is 0.0469 e. The topological polar surface area (TPSA) is 35.2 Å². The maximum Gasteiger partial charge on any atom is 0.0469 e. The van der Waals surface area contributed by atoms with Crippen molar-refractivity contribution in [2.75, 3.05) is 13.2 Å². The van der Waals surface area contributed by atoms with Gasteiger partial charge in [0, 0.05) is 19.3 Å². The summed E-state index contributed by atoms with van der Waals surface area (Å²) in [5.74, 6) is 0.542. The van der Waals surface area contributed by atoms with E-state index in [0.29, 0.717) is 5.92 Å². The lowest BCUT2D eigenvalue weighted by Gasteiger charge is -2.28. The summed E-state index contributed by atoms with van der Waals surface area (Å²) in [4.78, 5) is 0. The van der Waals surface area contributed by atoms with Gasteiger partial charge in [-0.1, -0.05) is 36.4 Å². The Balaban J connectivity index is 2.02. The first kappa shape index (κ1) is 12.6. The molecule has 1 fully saturated rings. The zero-order chi connectivity index (χ0) is 13.2. The number of hydrogen-bond acceptors (Lipinski definition) is 2. The van der Waals surface area contributed by atoms with Gasteiger partial charge in [0.2, 0.25) is 0 Å². The van der Waals surface area contributed by atoms with E-state index in [-0.39, 0.29) is 6.04 Å². The lowest BCUT2D eigenvalue weighted by Crippen LogP contribution is -2.27. The van der Waals surface area contributed by atoms with Crippen molar-refractivity contribution in [1.82, 2.24) is 0 Å². The summed E-state index contributed by atoms with van der Waals surface area (Å²) < 4.78 is 5.44. The normalized spacial score (nSPS) is 18.6. The highest BCUT2D eigenvalue weighted by molar-refractivity contribution is 5.88. The summed E-state index contributed by atoms with van der Waals surface area (Å²) in [6.45, 7) is 3.86. The second-order valence-corrected chi connectivity index (χ2v) is 5.49. The first-order valence-corrected chi connectivity index (χ1v) is 7.09. The van der Waals surface area contributed by atoms with Gasteiger partial charge >= 0.3 is 0 Å². The molecule has 2 aromatic carbocycles. The van der Waals surface area contributed by atoms with Gasteiger partial charge in [-0.2, -0.15) is 0 Å². The first-order valence-electron chi connectivity index (χ1n) is 7.09. The molecule has 3 rings (SSSR count). The van der Waals surface area contributed by atoms with Crippen LogP contribution in [0.1, 0.15) is 30.0 Å². The Labute approximate surface area is 114 Å². The van der Waals surface area contributed by atoms with E-state index in [1.807, 2.05) is 0 Å². The lowest BCUT2D eigenvalue weighted by atomic mass is 9.85. The third-order valence-corrected chi connectivity index (χ3v) is 4.31. The fraction of sp³-hybridized carbons (Fsp3) is 0.412. The van der Waals surface area contributed by atoms with Gasteiger partial charge in [0.25, 0.3) is 0 Å². The molecule has 100 valence electrons. The van der Waals surface area contributed by atoms with Gasteiger partial charge < -0.3 is 10.5 Å². The lowest BCUT2D eigenvalue weighted by molar-refractivity contribution is 0.0585. The Bertz CT molecular complexity index is 572. The Kier molecular flexibility index (Phi) is 3.54. The van der Waals surface area contributed by atoms with Crippen LogP contribution in [0.2, 0.25) is 0 Å². The molecule has 0 aromatic heterocycles. The predicted molar refractivity (Wildman–Crippen MR) is 79.2 cm³/mol. The molecular formula is C17H21NO. The second-order valence-electron chi connectivity index (χ2n) is 5.49. The molecule has 0 aliphatic carbocycles. The van der Waals surface area contributed by atoms with E-state index in [4.69, 9.17) is 10.5 Å². The Morgan fingerprint density at radius 3 is 2.47 bits per heavy atom. The number of ether oxygens (including phenoxy) is 1. The fourth-order valence-electron chi connectivity index (χ4n) is 3.09. The predicted octanol–water partition coefficient (Wildman–Crippen LogP) is 3.57. The molecule has 2 nitrogen and oxygen atoms in total. The first-order chi connectivity index (χ1) is 9.27. The number of rotatable bonds is 2. The van der Waals surface area contributed by atoms with E-state index >= 15 is 0 Å². The van der Waals surface area contributed by atoms with Crippen molar-refractivity contribution in [3.05, 3.63) is 47.5 Å². The minimum Gasteiger partial charge on any atom is -0.381 e. The van der Waals surface area contributed by atoms with E-state index in [9.17, 15) is 0 Å². The molecule has 2 N–H and O–H groups in total. The number of aryl methyl sites for hydroxylation is 1. The monoisotopic (exact) mass is 255 g/mol. The molecule has 2 heteroatoms. The van der Waals surface area contributed by atoms with E-state index in [1.54, 1.807) is 0 Å². The molecular weight excluding hydrogens is 234 g/mol. The van der Waals surface area contributed by atoms with Crippen LogP contribution in [0, 0.1) is 12.8 Å². The maximum atomic E-state index is 6.53. The quantitative estimate of drug-likeness (QED) is 0.890. The van der Waals surface area contributed by atoms with Crippen molar-refractivity contribution in [1.29, 1.82) is 0 Å². The van der Waals surface area contributed by atoms with E-state index in [2.05, 4.69) is 43.3 Å². The summed E-state index contributed by atoms with van der Waals surface area (Å²) in [5.41, 5.74) is 9.13. The molecule has 0 bridgehead atoms. The molecule has 19 heavy (non-hydrogen) atoms. The average molecular weight is 255 g/mol. The van der Waals surface area contributed by atoms with Gasteiger partial charge in [-0.25, -0.2) is 0 Å². The summed E-state index contributed by atoms with van der Waals surface area (Å²) in [7, 11) is 0. The largest absolute Gasteiger partial charge is 0.381 e. The summed E-state index contributed by atoms with van der Waals surface area (Å²) >= 11 is 0. The zero-order valence-corrected chi connectivity index (χ0v) is 11.4. The minimum atomic E-state index is 0.120. The molecule has 0 amide bonds. The van der Waals surface area contributed by atoms with Gasteiger partial charge in [-0.15, -0.1) is 0 Å². The molecule has 0 spiro atoms. The highest BCUT2D eigenvalue weighted by Gasteiger charge is 2.23. The van der Waals surface area contributed by atoms with Crippen molar-refractivity contribution in [3.8, 4) is 0 Å².